The van der Waals surface area contributed by atoms with Crippen LogP contribution in [0.3, 0.4) is 0 Å². The molecular formula is C21H16BrNOS. The van der Waals surface area contributed by atoms with Gasteiger partial charge in [0.25, 0.3) is 0 Å². The number of rotatable bonds is 3. The summed E-state index contributed by atoms with van der Waals surface area (Å²) in [5.41, 5.74) is 4.61. The van der Waals surface area contributed by atoms with Crippen molar-refractivity contribution in [3.05, 3.63) is 87.0 Å². The Labute approximate surface area is 158 Å². The summed E-state index contributed by atoms with van der Waals surface area (Å²) in [5.74, 6) is 0.0550. The van der Waals surface area contributed by atoms with Crippen molar-refractivity contribution in [2.45, 2.75) is 13.8 Å². The van der Waals surface area contributed by atoms with Gasteiger partial charge >= 0.3 is 0 Å². The molecule has 0 radical (unpaired) electrons. The number of halogens is 1. The summed E-state index contributed by atoms with van der Waals surface area (Å²) in [5, 5.41) is 0. The highest BCUT2D eigenvalue weighted by atomic mass is 79.9. The highest BCUT2D eigenvalue weighted by Crippen LogP contribution is 2.35. The van der Waals surface area contributed by atoms with Crippen molar-refractivity contribution in [1.82, 2.24) is 4.40 Å². The van der Waals surface area contributed by atoms with E-state index in [2.05, 4.69) is 40.2 Å². The van der Waals surface area contributed by atoms with E-state index in [9.17, 15) is 4.79 Å². The van der Waals surface area contributed by atoms with E-state index in [0.717, 1.165) is 31.8 Å². The molecule has 2 heterocycles. The normalized spacial score (nSPS) is 11.2. The van der Waals surface area contributed by atoms with Gasteiger partial charge in [0.2, 0.25) is 5.78 Å². The summed E-state index contributed by atoms with van der Waals surface area (Å²) >= 11 is 5.21. The zero-order chi connectivity index (χ0) is 17.6. The van der Waals surface area contributed by atoms with Crippen LogP contribution in [0.15, 0.2) is 65.1 Å². The maximum absolute atomic E-state index is 13.3. The van der Waals surface area contributed by atoms with E-state index < -0.39 is 0 Å². The van der Waals surface area contributed by atoms with E-state index >= 15 is 0 Å². The van der Waals surface area contributed by atoms with Crippen molar-refractivity contribution in [1.29, 1.82) is 0 Å². The molecule has 0 saturated heterocycles. The molecule has 0 aliphatic carbocycles. The van der Waals surface area contributed by atoms with Gasteiger partial charge in [-0.3, -0.25) is 4.79 Å². The molecule has 0 N–H and O–H groups in total. The van der Waals surface area contributed by atoms with E-state index in [-0.39, 0.29) is 5.78 Å². The molecule has 25 heavy (non-hydrogen) atoms. The molecule has 0 bridgehead atoms. The number of thiazole rings is 1. The number of benzene rings is 2. The zero-order valence-electron chi connectivity index (χ0n) is 13.9. The maximum Gasteiger partial charge on any atom is 0.210 e. The summed E-state index contributed by atoms with van der Waals surface area (Å²) in [6.45, 7) is 4.18. The van der Waals surface area contributed by atoms with Crippen LogP contribution in [-0.4, -0.2) is 10.2 Å². The van der Waals surface area contributed by atoms with Gasteiger partial charge in [0, 0.05) is 26.2 Å². The van der Waals surface area contributed by atoms with Crippen molar-refractivity contribution in [2.75, 3.05) is 0 Å². The van der Waals surface area contributed by atoms with Gasteiger partial charge in [-0.25, -0.2) is 0 Å². The lowest BCUT2D eigenvalue weighted by molar-refractivity contribution is 0.103. The van der Waals surface area contributed by atoms with Gasteiger partial charge in [-0.2, -0.15) is 0 Å². The van der Waals surface area contributed by atoms with Gasteiger partial charge in [-0.1, -0.05) is 58.4 Å². The van der Waals surface area contributed by atoms with Crippen LogP contribution in [0.25, 0.3) is 16.0 Å². The first kappa shape index (κ1) is 16.3. The molecule has 0 aliphatic rings. The fraction of sp³-hybridized carbons (Fsp3) is 0.0952. The minimum Gasteiger partial charge on any atom is -0.301 e. The van der Waals surface area contributed by atoms with Crippen LogP contribution in [0.2, 0.25) is 0 Å². The molecule has 0 spiro atoms. The number of aromatic nitrogens is 1. The second-order valence-corrected chi connectivity index (χ2v) is 8.18. The third-order valence-electron chi connectivity index (χ3n) is 4.48. The van der Waals surface area contributed by atoms with Crippen molar-refractivity contribution in [2.24, 2.45) is 0 Å². The second-order valence-electron chi connectivity index (χ2n) is 6.03. The van der Waals surface area contributed by atoms with Gasteiger partial charge in [0.05, 0.1) is 0 Å². The van der Waals surface area contributed by atoms with Crippen molar-refractivity contribution in [3.63, 3.8) is 0 Å². The van der Waals surface area contributed by atoms with Crippen LogP contribution in [-0.2, 0) is 0 Å². The van der Waals surface area contributed by atoms with Crippen LogP contribution in [0.5, 0.6) is 0 Å². The van der Waals surface area contributed by atoms with E-state index in [4.69, 9.17) is 0 Å². The standard InChI is InChI=1S/C21H16BrNOS/c1-13-14(2)25-19-12-18(15-8-10-17(22)11-9-15)20(23(13)19)21(24)16-6-4-3-5-7-16/h3-12H,1-2H3. The Balaban J connectivity index is 2.00. The van der Waals surface area contributed by atoms with E-state index in [1.165, 1.54) is 4.88 Å². The monoisotopic (exact) mass is 409 g/mol. The van der Waals surface area contributed by atoms with Crippen LogP contribution in [0.1, 0.15) is 26.6 Å². The predicted octanol–water partition coefficient (Wildman–Crippen LogP) is 6.28. The first-order chi connectivity index (χ1) is 12.1. The van der Waals surface area contributed by atoms with Gasteiger partial charge in [-0.05, 0) is 37.6 Å². The quantitative estimate of drug-likeness (QED) is 0.365. The Morgan fingerprint density at radius 3 is 2.36 bits per heavy atom. The summed E-state index contributed by atoms with van der Waals surface area (Å²) in [6, 6.07) is 19.7. The predicted molar refractivity (Wildman–Crippen MR) is 108 cm³/mol. The highest BCUT2D eigenvalue weighted by Gasteiger charge is 2.23. The van der Waals surface area contributed by atoms with E-state index in [1.807, 2.05) is 54.6 Å². The lowest BCUT2D eigenvalue weighted by atomic mass is 10.0. The molecule has 0 fully saturated rings. The summed E-state index contributed by atoms with van der Waals surface area (Å²) in [6.07, 6.45) is 0. The molecule has 2 nitrogen and oxygen atoms in total. The van der Waals surface area contributed by atoms with E-state index in [1.54, 1.807) is 11.3 Å². The number of hydrogen-bond donors (Lipinski definition) is 0. The molecular weight excluding hydrogens is 394 g/mol. The van der Waals surface area contributed by atoms with Crippen LogP contribution < -0.4 is 0 Å². The number of carbonyl (C=O) groups excluding carboxylic acids is 1. The SMILES string of the molecule is Cc1sc2cc(-c3ccc(Br)cc3)c(C(=O)c3ccccc3)n2c1C. The van der Waals surface area contributed by atoms with E-state index in [0.29, 0.717) is 5.56 Å². The smallest absolute Gasteiger partial charge is 0.210 e. The van der Waals surface area contributed by atoms with Crippen LogP contribution in [0, 0.1) is 13.8 Å². The van der Waals surface area contributed by atoms with Crippen molar-refractivity contribution < 1.29 is 4.79 Å². The minimum atomic E-state index is 0.0550. The molecule has 4 aromatic rings. The molecule has 0 aliphatic heterocycles. The molecule has 124 valence electrons. The Bertz CT molecular complexity index is 1070. The Morgan fingerprint density at radius 2 is 1.68 bits per heavy atom. The van der Waals surface area contributed by atoms with Gasteiger partial charge < -0.3 is 4.40 Å². The molecule has 4 heteroatoms. The summed E-state index contributed by atoms with van der Waals surface area (Å²) < 4.78 is 3.13. The number of nitrogens with zero attached hydrogens (tertiary/aromatic N) is 1. The van der Waals surface area contributed by atoms with Crippen molar-refractivity contribution in [3.8, 4) is 11.1 Å². The van der Waals surface area contributed by atoms with Crippen LogP contribution in [0.4, 0.5) is 0 Å². The first-order valence-electron chi connectivity index (χ1n) is 8.03. The fourth-order valence-electron chi connectivity index (χ4n) is 3.08. The maximum atomic E-state index is 13.3. The molecule has 0 unspecified atom stereocenters. The van der Waals surface area contributed by atoms with Gasteiger partial charge in [0.1, 0.15) is 10.5 Å². The number of carbonyl (C=O) groups is 1. The Morgan fingerprint density at radius 1 is 1.00 bits per heavy atom. The molecule has 4 rings (SSSR count). The third-order valence-corrected chi connectivity index (χ3v) is 6.12. The molecule has 0 saturated carbocycles. The van der Waals surface area contributed by atoms with Crippen LogP contribution >= 0.6 is 27.3 Å². The number of aryl methyl sites for hydroxylation is 2. The first-order valence-corrected chi connectivity index (χ1v) is 9.64. The molecule has 2 aromatic heterocycles. The number of hydrogen-bond acceptors (Lipinski definition) is 2. The molecule has 2 aromatic carbocycles. The highest BCUT2D eigenvalue weighted by molar-refractivity contribution is 9.10. The summed E-state index contributed by atoms with van der Waals surface area (Å²) in [4.78, 5) is 15.7. The van der Waals surface area contributed by atoms with Gasteiger partial charge in [0.15, 0.2) is 0 Å². The zero-order valence-corrected chi connectivity index (χ0v) is 16.3. The molecule has 0 amide bonds. The number of fused-ring (bicyclic) bond motifs is 1. The number of ketones is 1. The second kappa shape index (κ2) is 6.28. The van der Waals surface area contributed by atoms with Crippen molar-refractivity contribution >= 4 is 37.9 Å². The third kappa shape index (κ3) is 2.75. The Kier molecular flexibility index (Phi) is 4.10. The largest absolute Gasteiger partial charge is 0.301 e. The average molecular weight is 410 g/mol. The lowest BCUT2D eigenvalue weighted by Gasteiger charge is -2.08. The average Bonchev–Trinajstić information content (AvgIpc) is 3.12. The molecule has 0 atom stereocenters. The topological polar surface area (TPSA) is 21.5 Å². The fourth-order valence-corrected chi connectivity index (χ4v) is 4.40. The Hall–Kier alpha value is -2.17. The minimum absolute atomic E-state index is 0.0550. The van der Waals surface area contributed by atoms with Gasteiger partial charge in [-0.15, -0.1) is 11.3 Å². The lowest BCUT2D eigenvalue weighted by Crippen LogP contribution is -2.07. The summed E-state index contributed by atoms with van der Waals surface area (Å²) in [7, 11) is 0.